The van der Waals surface area contributed by atoms with Gasteiger partial charge < -0.3 is 9.36 Å². The fraction of sp³-hybridized carbons (Fsp3) is 0.200. The molecule has 18 heavy (non-hydrogen) atoms. The van der Waals surface area contributed by atoms with Gasteiger partial charge in [0.05, 0.1) is 11.6 Å². The van der Waals surface area contributed by atoms with E-state index in [1.807, 2.05) is 47.0 Å². The zero-order valence-corrected chi connectivity index (χ0v) is 9.87. The van der Waals surface area contributed by atoms with Crippen molar-refractivity contribution < 1.29 is 9.59 Å². The lowest BCUT2D eigenvalue weighted by Crippen LogP contribution is -2.08. The van der Waals surface area contributed by atoms with Crippen LogP contribution in [0, 0.1) is 0 Å². The second kappa shape index (κ2) is 4.26. The number of carbonyl (C=O) groups is 2. The number of fused-ring (bicyclic) bond motifs is 1. The second-order valence-corrected chi connectivity index (χ2v) is 4.52. The first kappa shape index (κ1) is 11.0. The molecule has 3 heteroatoms. The molecule has 3 nitrogen and oxygen atoms in total. The molecule has 1 aliphatic rings. The van der Waals surface area contributed by atoms with E-state index >= 15 is 0 Å². The van der Waals surface area contributed by atoms with Crippen molar-refractivity contribution in [3.63, 3.8) is 0 Å². The molecular formula is C15H13NO2. The van der Waals surface area contributed by atoms with E-state index in [1.165, 1.54) is 0 Å². The number of rotatable bonds is 3. The standard InChI is InChI=1S/C15H13NO2/c17-10-12-8-9-16-13(12)6-7-14(16)15(18)11-4-2-1-3-5-11/h1-7,10,12H,8-9H2. The van der Waals surface area contributed by atoms with Gasteiger partial charge in [0.25, 0.3) is 0 Å². The van der Waals surface area contributed by atoms with E-state index in [1.54, 1.807) is 0 Å². The van der Waals surface area contributed by atoms with Crippen LogP contribution in [-0.4, -0.2) is 16.6 Å². The Hall–Kier alpha value is -2.16. The molecule has 2 heterocycles. The van der Waals surface area contributed by atoms with Gasteiger partial charge in [-0.25, -0.2) is 0 Å². The Bertz CT molecular complexity index is 598. The topological polar surface area (TPSA) is 39.1 Å². The molecular weight excluding hydrogens is 226 g/mol. The molecule has 0 aliphatic carbocycles. The molecule has 3 rings (SSSR count). The van der Waals surface area contributed by atoms with E-state index in [9.17, 15) is 9.59 Å². The minimum absolute atomic E-state index is 0.0217. The number of nitrogens with zero attached hydrogens (tertiary/aromatic N) is 1. The molecule has 0 bridgehead atoms. The highest BCUT2D eigenvalue weighted by Crippen LogP contribution is 2.29. The summed E-state index contributed by atoms with van der Waals surface area (Å²) in [6.45, 7) is 0.750. The van der Waals surface area contributed by atoms with Crippen molar-refractivity contribution >= 4 is 12.1 Å². The van der Waals surface area contributed by atoms with Gasteiger partial charge in [0.15, 0.2) is 0 Å². The van der Waals surface area contributed by atoms with Gasteiger partial charge in [0.1, 0.15) is 6.29 Å². The predicted molar refractivity (Wildman–Crippen MR) is 67.7 cm³/mol. The summed E-state index contributed by atoms with van der Waals surface area (Å²) in [6.07, 6.45) is 1.77. The SMILES string of the molecule is O=CC1CCn2c(C(=O)c3ccccc3)ccc21. The van der Waals surface area contributed by atoms with Crippen LogP contribution in [0.1, 0.15) is 34.1 Å². The first-order valence-corrected chi connectivity index (χ1v) is 6.05. The summed E-state index contributed by atoms with van der Waals surface area (Å²) < 4.78 is 1.97. The summed E-state index contributed by atoms with van der Waals surface area (Å²) in [5.74, 6) is -0.0317. The van der Waals surface area contributed by atoms with Crippen LogP contribution in [0.3, 0.4) is 0 Å². The molecule has 1 atom stereocenters. The summed E-state index contributed by atoms with van der Waals surface area (Å²) in [6, 6.07) is 12.9. The average molecular weight is 239 g/mol. The Morgan fingerprint density at radius 3 is 2.67 bits per heavy atom. The predicted octanol–water partition coefficient (Wildman–Crippen LogP) is 2.41. The van der Waals surface area contributed by atoms with Crippen LogP contribution in [0.4, 0.5) is 0 Å². The first-order chi connectivity index (χ1) is 8.81. The normalized spacial score (nSPS) is 17.4. The van der Waals surface area contributed by atoms with Crippen molar-refractivity contribution in [1.29, 1.82) is 0 Å². The molecule has 2 aromatic rings. The molecule has 90 valence electrons. The van der Waals surface area contributed by atoms with Crippen molar-refractivity contribution in [1.82, 2.24) is 4.57 Å². The maximum Gasteiger partial charge on any atom is 0.209 e. The van der Waals surface area contributed by atoms with E-state index in [0.717, 1.165) is 24.9 Å². The van der Waals surface area contributed by atoms with E-state index < -0.39 is 0 Å². The number of aromatic nitrogens is 1. The minimum Gasteiger partial charge on any atom is -0.341 e. The Morgan fingerprint density at radius 1 is 1.17 bits per heavy atom. The summed E-state index contributed by atoms with van der Waals surface area (Å²) in [7, 11) is 0. The Morgan fingerprint density at radius 2 is 1.94 bits per heavy atom. The number of hydrogen-bond acceptors (Lipinski definition) is 2. The van der Waals surface area contributed by atoms with Gasteiger partial charge in [-0.1, -0.05) is 30.3 Å². The van der Waals surface area contributed by atoms with Gasteiger partial charge in [-0.3, -0.25) is 4.79 Å². The van der Waals surface area contributed by atoms with Gasteiger partial charge in [0, 0.05) is 17.8 Å². The van der Waals surface area contributed by atoms with E-state index in [-0.39, 0.29) is 11.7 Å². The molecule has 0 saturated heterocycles. The maximum absolute atomic E-state index is 12.4. The van der Waals surface area contributed by atoms with Gasteiger partial charge in [-0.2, -0.15) is 0 Å². The fourth-order valence-corrected chi connectivity index (χ4v) is 2.55. The van der Waals surface area contributed by atoms with Crippen LogP contribution in [0.25, 0.3) is 0 Å². The third-order valence-corrected chi connectivity index (χ3v) is 3.49. The molecule has 0 saturated carbocycles. The molecule has 1 unspecified atom stereocenters. The van der Waals surface area contributed by atoms with Crippen molar-refractivity contribution in [2.45, 2.75) is 18.9 Å². The summed E-state index contributed by atoms with van der Waals surface area (Å²) in [5.41, 5.74) is 2.33. The van der Waals surface area contributed by atoms with Crippen LogP contribution < -0.4 is 0 Å². The number of carbonyl (C=O) groups excluding carboxylic acids is 2. The third kappa shape index (κ3) is 1.59. The van der Waals surface area contributed by atoms with Gasteiger partial charge in [-0.15, -0.1) is 0 Å². The monoisotopic (exact) mass is 239 g/mol. The highest BCUT2D eigenvalue weighted by atomic mass is 16.1. The maximum atomic E-state index is 12.4. The number of benzene rings is 1. The van der Waals surface area contributed by atoms with Crippen LogP contribution in [-0.2, 0) is 11.3 Å². The second-order valence-electron chi connectivity index (χ2n) is 4.52. The number of hydrogen-bond donors (Lipinski definition) is 0. The number of ketones is 1. The zero-order valence-electron chi connectivity index (χ0n) is 9.87. The molecule has 0 N–H and O–H groups in total. The highest BCUT2D eigenvalue weighted by molar-refractivity contribution is 6.08. The third-order valence-electron chi connectivity index (χ3n) is 3.49. The summed E-state index contributed by atoms with van der Waals surface area (Å²) in [5, 5.41) is 0. The minimum atomic E-state index is -0.0534. The Kier molecular flexibility index (Phi) is 2.59. The Balaban J connectivity index is 2.00. The summed E-state index contributed by atoms with van der Waals surface area (Å²) in [4.78, 5) is 23.3. The van der Waals surface area contributed by atoms with Gasteiger partial charge >= 0.3 is 0 Å². The van der Waals surface area contributed by atoms with Crippen molar-refractivity contribution in [2.24, 2.45) is 0 Å². The Labute approximate surface area is 105 Å². The lowest BCUT2D eigenvalue weighted by molar-refractivity contribution is -0.109. The van der Waals surface area contributed by atoms with E-state index in [2.05, 4.69) is 0 Å². The van der Waals surface area contributed by atoms with Crippen LogP contribution in [0.2, 0.25) is 0 Å². The van der Waals surface area contributed by atoms with Gasteiger partial charge in [0.2, 0.25) is 5.78 Å². The molecule has 0 fully saturated rings. The van der Waals surface area contributed by atoms with Crippen molar-refractivity contribution in [3.8, 4) is 0 Å². The van der Waals surface area contributed by atoms with Gasteiger partial charge in [-0.05, 0) is 18.6 Å². The number of aldehydes is 1. The fourth-order valence-electron chi connectivity index (χ4n) is 2.55. The molecule has 0 amide bonds. The van der Waals surface area contributed by atoms with Crippen LogP contribution in [0.5, 0.6) is 0 Å². The highest BCUT2D eigenvalue weighted by Gasteiger charge is 2.26. The van der Waals surface area contributed by atoms with E-state index in [0.29, 0.717) is 11.3 Å². The zero-order chi connectivity index (χ0) is 12.5. The smallest absolute Gasteiger partial charge is 0.209 e. The first-order valence-electron chi connectivity index (χ1n) is 6.05. The molecule has 0 spiro atoms. The molecule has 1 aromatic heterocycles. The molecule has 0 radical (unpaired) electrons. The molecule has 1 aromatic carbocycles. The largest absolute Gasteiger partial charge is 0.341 e. The van der Waals surface area contributed by atoms with Crippen molar-refractivity contribution in [2.75, 3.05) is 0 Å². The lowest BCUT2D eigenvalue weighted by atomic mass is 10.1. The lowest BCUT2D eigenvalue weighted by Gasteiger charge is -2.05. The summed E-state index contributed by atoms with van der Waals surface area (Å²) >= 11 is 0. The van der Waals surface area contributed by atoms with Crippen molar-refractivity contribution in [3.05, 3.63) is 59.4 Å². The quantitative estimate of drug-likeness (QED) is 0.609. The van der Waals surface area contributed by atoms with E-state index in [4.69, 9.17) is 0 Å². The van der Waals surface area contributed by atoms with Crippen LogP contribution >= 0.6 is 0 Å². The molecule has 1 aliphatic heterocycles. The average Bonchev–Trinajstić information content (AvgIpc) is 2.99. The van der Waals surface area contributed by atoms with Crippen LogP contribution in [0.15, 0.2) is 42.5 Å².